The van der Waals surface area contributed by atoms with E-state index in [1.165, 1.54) is 0 Å². The molecule has 0 unspecified atom stereocenters. The van der Waals surface area contributed by atoms with Crippen molar-refractivity contribution in [2.24, 2.45) is 7.05 Å². The molecule has 0 saturated heterocycles. The first-order valence-electron chi connectivity index (χ1n) is 9.35. The number of rotatable bonds is 4. The Morgan fingerprint density at radius 3 is 2.32 bits per heavy atom. The Morgan fingerprint density at radius 2 is 1.75 bits per heavy atom. The van der Waals surface area contributed by atoms with E-state index in [2.05, 4.69) is 36.5 Å². The Labute approximate surface area is 165 Å². The monoisotopic (exact) mass is 380 g/mol. The van der Waals surface area contributed by atoms with Gasteiger partial charge in [-0.1, -0.05) is 51.1 Å². The van der Waals surface area contributed by atoms with Gasteiger partial charge in [-0.25, -0.2) is 9.48 Å². The summed E-state index contributed by atoms with van der Waals surface area (Å²) in [4.78, 5) is 12.7. The zero-order valence-corrected chi connectivity index (χ0v) is 17.4. The quantitative estimate of drug-likeness (QED) is 0.711. The Balaban J connectivity index is 1.85. The van der Waals surface area contributed by atoms with Gasteiger partial charge in [0, 0.05) is 18.5 Å². The first kappa shape index (κ1) is 19.7. The predicted octanol–water partition coefficient (Wildman–Crippen LogP) is 4.22. The number of amides is 2. The molecule has 3 rings (SSSR count). The van der Waals surface area contributed by atoms with Crippen molar-refractivity contribution in [3.05, 3.63) is 59.0 Å². The maximum Gasteiger partial charge on any atom is 0.324 e. The van der Waals surface area contributed by atoms with Gasteiger partial charge in [0.25, 0.3) is 0 Å². The van der Waals surface area contributed by atoms with Gasteiger partial charge in [-0.2, -0.15) is 10.2 Å². The molecule has 2 N–H and O–H groups in total. The number of urea groups is 1. The van der Waals surface area contributed by atoms with Crippen LogP contribution < -0.4 is 10.6 Å². The molecule has 0 saturated carbocycles. The molecule has 0 bridgehead atoms. The molecule has 1 aromatic carbocycles. The molecule has 0 spiro atoms. The van der Waals surface area contributed by atoms with E-state index in [0.29, 0.717) is 12.4 Å². The highest BCUT2D eigenvalue weighted by atomic mass is 16.2. The summed E-state index contributed by atoms with van der Waals surface area (Å²) in [5.41, 5.74) is 4.33. The summed E-state index contributed by atoms with van der Waals surface area (Å²) >= 11 is 0. The molecule has 2 aromatic heterocycles. The number of nitrogens with one attached hydrogen (secondary N) is 2. The van der Waals surface area contributed by atoms with Crippen LogP contribution in [0.4, 0.5) is 16.3 Å². The third-order valence-corrected chi connectivity index (χ3v) is 4.71. The van der Waals surface area contributed by atoms with Crippen LogP contribution >= 0.6 is 0 Å². The fourth-order valence-electron chi connectivity index (χ4n) is 2.98. The van der Waals surface area contributed by atoms with Crippen LogP contribution in [0.1, 0.15) is 43.4 Å². The second kappa shape index (κ2) is 7.50. The summed E-state index contributed by atoms with van der Waals surface area (Å²) in [7, 11) is 1.86. The SMILES string of the molecule is Cc1nn(C)c(C)c1NC(=O)Nc1cc(C(C)(C)C)nn1Cc1ccccc1. The fourth-order valence-corrected chi connectivity index (χ4v) is 2.98. The van der Waals surface area contributed by atoms with Crippen molar-refractivity contribution >= 4 is 17.5 Å². The Kier molecular flexibility index (Phi) is 5.27. The van der Waals surface area contributed by atoms with Crippen LogP contribution in [0.3, 0.4) is 0 Å². The second-order valence-corrected chi connectivity index (χ2v) is 8.06. The van der Waals surface area contributed by atoms with Gasteiger partial charge < -0.3 is 5.32 Å². The van der Waals surface area contributed by atoms with Crippen LogP contribution in [0.15, 0.2) is 36.4 Å². The molecule has 0 fully saturated rings. The van der Waals surface area contributed by atoms with Crippen molar-refractivity contribution in [1.82, 2.24) is 19.6 Å². The van der Waals surface area contributed by atoms with Crippen LogP contribution in [0.25, 0.3) is 0 Å². The van der Waals surface area contributed by atoms with Gasteiger partial charge in [0.1, 0.15) is 5.82 Å². The molecular formula is C21H28N6O. The minimum Gasteiger partial charge on any atom is -0.304 e. The first-order chi connectivity index (χ1) is 13.1. The summed E-state index contributed by atoms with van der Waals surface area (Å²) in [5, 5.41) is 14.9. The van der Waals surface area contributed by atoms with Crippen molar-refractivity contribution in [1.29, 1.82) is 0 Å². The summed E-state index contributed by atoms with van der Waals surface area (Å²) < 4.78 is 3.58. The van der Waals surface area contributed by atoms with E-state index in [0.717, 1.165) is 28.3 Å². The number of aromatic nitrogens is 4. The second-order valence-electron chi connectivity index (χ2n) is 8.06. The number of hydrogen-bond acceptors (Lipinski definition) is 3. The largest absolute Gasteiger partial charge is 0.324 e. The standard InChI is InChI=1S/C21H28N6O/c1-14-19(15(2)26(6)24-14)23-20(28)22-18-12-17(21(3,4)5)25-27(18)13-16-10-8-7-9-11-16/h7-12H,13H2,1-6H3,(H2,22,23,28). The van der Waals surface area contributed by atoms with Crippen LogP contribution in [-0.4, -0.2) is 25.6 Å². The Bertz CT molecular complexity index is 978. The zero-order valence-electron chi connectivity index (χ0n) is 17.4. The first-order valence-corrected chi connectivity index (χ1v) is 9.35. The maximum absolute atomic E-state index is 12.7. The number of aryl methyl sites for hydroxylation is 2. The summed E-state index contributed by atoms with van der Waals surface area (Å²) in [6.07, 6.45) is 0. The lowest BCUT2D eigenvalue weighted by molar-refractivity contribution is 0.262. The van der Waals surface area contributed by atoms with Crippen molar-refractivity contribution in [2.75, 3.05) is 10.6 Å². The molecule has 0 aliphatic heterocycles. The average Bonchev–Trinajstić information content (AvgIpc) is 3.12. The summed E-state index contributed by atoms with van der Waals surface area (Å²) in [6, 6.07) is 11.7. The predicted molar refractivity (Wildman–Crippen MR) is 112 cm³/mol. The minimum atomic E-state index is -0.311. The van der Waals surface area contributed by atoms with Gasteiger partial charge in [-0.15, -0.1) is 0 Å². The smallest absolute Gasteiger partial charge is 0.304 e. The molecule has 2 amide bonds. The molecule has 0 radical (unpaired) electrons. The van der Waals surface area contributed by atoms with Gasteiger partial charge in [0.15, 0.2) is 0 Å². The fraction of sp³-hybridized carbons (Fsp3) is 0.381. The molecule has 0 aliphatic rings. The molecule has 3 aromatic rings. The summed E-state index contributed by atoms with van der Waals surface area (Å²) in [6.45, 7) is 10.7. The van der Waals surface area contributed by atoms with Gasteiger partial charge in [0.05, 0.1) is 29.3 Å². The van der Waals surface area contributed by atoms with E-state index in [-0.39, 0.29) is 11.4 Å². The van der Waals surface area contributed by atoms with E-state index in [1.807, 2.05) is 62.0 Å². The molecule has 7 nitrogen and oxygen atoms in total. The van der Waals surface area contributed by atoms with E-state index in [9.17, 15) is 4.79 Å². The Hall–Kier alpha value is -3.09. The molecule has 0 aliphatic carbocycles. The Morgan fingerprint density at radius 1 is 1.07 bits per heavy atom. The molecular weight excluding hydrogens is 352 g/mol. The minimum absolute atomic E-state index is 0.120. The number of nitrogens with zero attached hydrogens (tertiary/aromatic N) is 4. The lowest BCUT2D eigenvalue weighted by Crippen LogP contribution is -2.22. The van der Waals surface area contributed by atoms with Gasteiger partial charge in [-0.05, 0) is 19.4 Å². The number of carbonyl (C=O) groups excluding carboxylic acids is 1. The van der Waals surface area contributed by atoms with Crippen molar-refractivity contribution in [3.8, 4) is 0 Å². The van der Waals surface area contributed by atoms with E-state index in [4.69, 9.17) is 5.10 Å². The van der Waals surface area contributed by atoms with E-state index < -0.39 is 0 Å². The van der Waals surface area contributed by atoms with Crippen LogP contribution in [0.5, 0.6) is 0 Å². The van der Waals surface area contributed by atoms with Crippen LogP contribution in [0.2, 0.25) is 0 Å². The van der Waals surface area contributed by atoms with Crippen LogP contribution in [-0.2, 0) is 19.0 Å². The number of benzene rings is 1. The highest BCUT2D eigenvalue weighted by Crippen LogP contribution is 2.25. The number of anilines is 2. The average molecular weight is 380 g/mol. The summed E-state index contributed by atoms with van der Waals surface area (Å²) in [5.74, 6) is 0.658. The number of carbonyl (C=O) groups is 1. The molecule has 7 heteroatoms. The number of hydrogen-bond donors (Lipinski definition) is 2. The van der Waals surface area contributed by atoms with Gasteiger partial charge in [0.2, 0.25) is 0 Å². The highest BCUT2D eigenvalue weighted by Gasteiger charge is 2.21. The van der Waals surface area contributed by atoms with Crippen molar-refractivity contribution in [3.63, 3.8) is 0 Å². The third-order valence-electron chi connectivity index (χ3n) is 4.71. The normalized spacial score (nSPS) is 11.5. The topological polar surface area (TPSA) is 76.8 Å². The molecule has 0 atom stereocenters. The van der Waals surface area contributed by atoms with Crippen molar-refractivity contribution < 1.29 is 4.79 Å². The molecule has 28 heavy (non-hydrogen) atoms. The van der Waals surface area contributed by atoms with E-state index >= 15 is 0 Å². The molecule has 148 valence electrons. The lowest BCUT2D eigenvalue weighted by Gasteiger charge is -2.14. The molecule has 2 heterocycles. The third kappa shape index (κ3) is 4.24. The van der Waals surface area contributed by atoms with Crippen molar-refractivity contribution in [2.45, 2.75) is 46.6 Å². The van der Waals surface area contributed by atoms with Gasteiger partial charge in [-0.3, -0.25) is 10.00 Å². The lowest BCUT2D eigenvalue weighted by atomic mass is 9.92. The zero-order chi connectivity index (χ0) is 20.5. The van der Waals surface area contributed by atoms with Gasteiger partial charge >= 0.3 is 6.03 Å². The van der Waals surface area contributed by atoms with Crippen LogP contribution in [0, 0.1) is 13.8 Å². The maximum atomic E-state index is 12.7. The highest BCUT2D eigenvalue weighted by molar-refractivity contribution is 6.00. The van der Waals surface area contributed by atoms with E-state index in [1.54, 1.807) is 4.68 Å².